The molecule has 1 N–H and O–H groups in total. The fraction of sp³-hybridized carbons (Fsp3) is 0.296. The van der Waals surface area contributed by atoms with E-state index in [4.69, 9.17) is 4.98 Å². The quantitative estimate of drug-likeness (QED) is 0.250. The minimum atomic E-state index is -0.414. The number of para-hydroxylation sites is 1. The van der Waals surface area contributed by atoms with Crippen molar-refractivity contribution >= 4 is 44.9 Å². The molecule has 2 heterocycles. The molecule has 5 nitrogen and oxygen atoms in total. The Balaban J connectivity index is 1.42. The molecule has 1 unspecified atom stereocenters. The summed E-state index contributed by atoms with van der Waals surface area (Å²) in [5, 5.41) is 4.10. The number of hydrogen-bond acceptors (Lipinski definition) is 5. The Hall–Kier alpha value is -2.90. The van der Waals surface area contributed by atoms with Gasteiger partial charge in [-0.3, -0.25) is 14.2 Å². The molecule has 7 heteroatoms. The molecule has 0 fully saturated rings. The van der Waals surface area contributed by atoms with E-state index in [0.717, 1.165) is 52.7 Å². The predicted molar refractivity (Wildman–Crippen MR) is 142 cm³/mol. The summed E-state index contributed by atoms with van der Waals surface area (Å²) in [6.07, 6.45) is 3.94. The van der Waals surface area contributed by atoms with E-state index in [0.29, 0.717) is 11.7 Å². The van der Waals surface area contributed by atoms with Crippen LogP contribution in [0, 0.1) is 0 Å². The van der Waals surface area contributed by atoms with Gasteiger partial charge in [-0.25, -0.2) is 4.98 Å². The first-order valence-corrected chi connectivity index (χ1v) is 13.4. The number of hydrogen-bond donors (Lipinski definition) is 1. The minimum Gasteiger partial charge on any atom is -0.325 e. The maximum absolute atomic E-state index is 13.4. The summed E-state index contributed by atoms with van der Waals surface area (Å²) in [6.45, 7) is 4.52. The lowest BCUT2D eigenvalue weighted by atomic mass is 10.0. The second-order valence-corrected chi connectivity index (χ2v) is 10.9. The summed E-state index contributed by atoms with van der Waals surface area (Å²) in [6, 6.07) is 17.8. The highest BCUT2D eigenvalue weighted by Crippen LogP contribution is 2.36. The standard InChI is InChI=1S/C27H27N3O2S2/c1-3-16-30-26(32)23-20-13-9-15-22(20)34-25(23)29-27(30)33-17(2)24(31)28-21-14-8-7-12-19(21)18-10-5-4-6-11-18/h4-8,10-12,14,17H,3,9,13,15-16H2,1-2H3,(H,28,31). The third-order valence-corrected chi connectivity index (χ3v) is 8.43. The van der Waals surface area contributed by atoms with Gasteiger partial charge in [0.1, 0.15) is 4.83 Å². The molecule has 0 spiro atoms. The number of nitrogens with zero attached hydrogens (tertiary/aromatic N) is 2. The minimum absolute atomic E-state index is 0.0378. The van der Waals surface area contributed by atoms with Crippen LogP contribution in [0.15, 0.2) is 64.5 Å². The van der Waals surface area contributed by atoms with Gasteiger partial charge in [-0.1, -0.05) is 67.2 Å². The van der Waals surface area contributed by atoms with E-state index in [1.165, 1.54) is 22.2 Å². The number of anilines is 1. The van der Waals surface area contributed by atoms with Gasteiger partial charge < -0.3 is 5.32 Å². The molecule has 5 rings (SSSR count). The summed E-state index contributed by atoms with van der Waals surface area (Å²) in [7, 11) is 0. The molecule has 174 valence electrons. The molecule has 4 aromatic rings. The maximum atomic E-state index is 13.4. The number of carbonyl (C=O) groups excluding carboxylic acids is 1. The number of fused-ring (bicyclic) bond motifs is 3. The lowest BCUT2D eigenvalue weighted by Crippen LogP contribution is -2.27. The van der Waals surface area contributed by atoms with E-state index in [1.807, 2.05) is 61.5 Å². The highest BCUT2D eigenvalue weighted by Gasteiger charge is 2.25. The average Bonchev–Trinajstić information content (AvgIpc) is 3.43. The molecule has 1 amide bonds. The number of thioether (sulfide) groups is 1. The van der Waals surface area contributed by atoms with Crippen LogP contribution in [0.2, 0.25) is 0 Å². The zero-order valence-corrected chi connectivity index (χ0v) is 21.0. The van der Waals surface area contributed by atoms with Gasteiger partial charge in [-0.15, -0.1) is 11.3 Å². The SMILES string of the molecule is CCCn1c(SC(C)C(=O)Nc2ccccc2-c2ccccc2)nc2sc3c(c2c1=O)CCC3. The van der Waals surface area contributed by atoms with Gasteiger partial charge in [0.2, 0.25) is 5.91 Å². The van der Waals surface area contributed by atoms with Gasteiger partial charge in [-0.05, 0) is 49.8 Å². The van der Waals surface area contributed by atoms with Crippen molar-refractivity contribution < 1.29 is 4.79 Å². The van der Waals surface area contributed by atoms with Crippen molar-refractivity contribution in [3.05, 3.63) is 75.4 Å². The van der Waals surface area contributed by atoms with Crippen molar-refractivity contribution in [1.29, 1.82) is 0 Å². The molecule has 0 radical (unpaired) electrons. The highest BCUT2D eigenvalue weighted by atomic mass is 32.2. The van der Waals surface area contributed by atoms with E-state index in [9.17, 15) is 9.59 Å². The van der Waals surface area contributed by atoms with Crippen LogP contribution in [0.25, 0.3) is 21.3 Å². The van der Waals surface area contributed by atoms with Crippen LogP contribution in [0.4, 0.5) is 5.69 Å². The summed E-state index contributed by atoms with van der Waals surface area (Å²) in [4.78, 5) is 33.6. The molecule has 34 heavy (non-hydrogen) atoms. The highest BCUT2D eigenvalue weighted by molar-refractivity contribution is 8.00. The number of thiophene rings is 1. The van der Waals surface area contributed by atoms with Gasteiger partial charge >= 0.3 is 0 Å². The summed E-state index contributed by atoms with van der Waals surface area (Å²) in [5.41, 5.74) is 4.03. The molecule has 0 aliphatic heterocycles. The van der Waals surface area contributed by atoms with Gasteiger partial charge in [0.25, 0.3) is 5.56 Å². The molecule has 1 aliphatic carbocycles. The first-order valence-electron chi connectivity index (χ1n) is 11.7. The number of nitrogens with one attached hydrogen (secondary N) is 1. The van der Waals surface area contributed by atoms with Crippen LogP contribution in [0.5, 0.6) is 0 Å². The Morgan fingerprint density at radius 2 is 1.91 bits per heavy atom. The van der Waals surface area contributed by atoms with Crippen LogP contribution in [-0.4, -0.2) is 20.7 Å². The van der Waals surface area contributed by atoms with Crippen molar-refractivity contribution in [3.63, 3.8) is 0 Å². The molecule has 1 atom stereocenters. The number of benzene rings is 2. The Kier molecular flexibility index (Phi) is 6.57. The molecule has 0 saturated carbocycles. The van der Waals surface area contributed by atoms with Crippen molar-refractivity contribution in [1.82, 2.24) is 9.55 Å². The van der Waals surface area contributed by atoms with Crippen LogP contribution in [-0.2, 0) is 24.2 Å². The molecule has 2 aromatic carbocycles. The fourth-order valence-corrected chi connectivity index (χ4v) is 6.71. The van der Waals surface area contributed by atoms with Crippen molar-refractivity contribution in [2.45, 2.75) is 56.5 Å². The summed E-state index contributed by atoms with van der Waals surface area (Å²) >= 11 is 3.00. The summed E-state index contributed by atoms with van der Waals surface area (Å²) in [5.74, 6) is -0.112. The lowest BCUT2D eigenvalue weighted by Gasteiger charge is -2.17. The topological polar surface area (TPSA) is 64.0 Å². The Morgan fingerprint density at radius 1 is 1.15 bits per heavy atom. The number of aromatic nitrogens is 2. The zero-order valence-electron chi connectivity index (χ0n) is 19.3. The van der Waals surface area contributed by atoms with E-state index in [2.05, 4.69) is 12.2 Å². The summed E-state index contributed by atoms with van der Waals surface area (Å²) < 4.78 is 1.76. The lowest BCUT2D eigenvalue weighted by molar-refractivity contribution is -0.115. The van der Waals surface area contributed by atoms with E-state index < -0.39 is 5.25 Å². The van der Waals surface area contributed by atoms with E-state index in [-0.39, 0.29) is 11.5 Å². The Bertz CT molecular complexity index is 1410. The molecular weight excluding hydrogens is 462 g/mol. The largest absolute Gasteiger partial charge is 0.325 e. The maximum Gasteiger partial charge on any atom is 0.263 e. The van der Waals surface area contributed by atoms with Crippen LogP contribution in [0.1, 0.15) is 37.1 Å². The van der Waals surface area contributed by atoms with Crippen molar-refractivity contribution in [2.75, 3.05) is 5.32 Å². The van der Waals surface area contributed by atoms with Crippen molar-refractivity contribution in [2.24, 2.45) is 0 Å². The van der Waals surface area contributed by atoms with Crippen LogP contribution >= 0.6 is 23.1 Å². The zero-order chi connectivity index (χ0) is 23.7. The van der Waals surface area contributed by atoms with Gasteiger partial charge in [0.05, 0.1) is 10.6 Å². The smallest absolute Gasteiger partial charge is 0.263 e. The molecular formula is C27H27N3O2S2. The molecule has 0 bridgehead atoms. The monoisotopic (exact) mass is 489 g/mol. The van der Waals surface area contributed by atoms with Crippen LogP contribution < -0.4 is 10.9 Å². The number of aryl methyl sites for hydroxylation is 2. The first-order chi connectivity index (χ1) is 16.6. The van der Waals surface area contributed by atoms with E-state index in [1.54, 1.807) is 15.9 Å². The fourth-order valence-electron chi connectivity index (χ4n) is 4.48. The second-order valence-electron chi connectivity index (χ2n) is 8.55. The Labute approximate surface area is 207 Å². The molecule has 2 aromatic heterocycles. The third kappa shape index (κ3) is 4.30. The number of amides is 1. The number of rotatable bonds is 7. The second kappa shape index (κ2) is 9.76. The van der Waals surface area contributed by atoms with Crippen molar-refractivity contribution in [3.8, 4) is 11.1 Å². The normalized spacial score (nSPS) is 13.7. The molecule has 1 aliphatic rings. The number of carbonyl (C=O) groups is 1. The third-order valence-electron chi connectivity index (χ3n) is 6.16. The first kappa shape index (κ1) is 22.9. The van der Waals surface area contributed by atoms with E-state index >= 15 is 0 Å². The molecule has 0 saturated heterocycles. The van der Waals surface area contributed by atoms with Gasteiger partial charge in [0.15, 0.2) is 5.16 Å². The average molecular weight is 490 g/mol. The Morgan fingerprint density at radius 3 is 2.71 bits per heavy atom. The van der Waals surface area contributed by atoms with Crippen LogP contribution in [0.3, 0.4) is 0 Å². The van der Waals surface area contributed by atoms with Gasteiger partial charge in [-0.2, -0.15) is 0 Å². The van der Waals surface area contributed by atoms with Gasteiger partial charge in [0, 0.05) is 22.7 Å². The predicted octanol–water partition coefficient (Wildman–Crippen LogP) is 6.14.